The molecule has 3 rings (SSSR count). The van der Waals surface area contributed by atoms with Crippen molar-refractivity contribution in [1.29, 1.82) is 0 Å². The van der Waals surface area contributed by atoms with Crippen LogP contribution in [0.25, 0.3) is 0 Å². The molecule has 110 valence electrons. The second kappa shape index (κ2) is 6.28. The van der Waals surface area contributed by atoms with E-state index in [1.807, 2.05) is 0 Å². The van der Waals surface area contributed by atoms with Crippen molar-refractivity contribution in [2.45, 2.75) is 12.5 Å². The number of anilines is 1. The Kier molecular flexibility index (Phi) is 4.22. The van der Waals surface area contributed by atoms with Gasteiger partial charge < -0.3 is 15.4 Å². The van der Waals surface area contributed by atoms with Gasteiger partial charge in [-0.3, -0.25) is 0 Å². The molecule has 0 radical (unpaired) electrons. The Balaban J connectivity index is 1.74. The molecule has 0 saturated carbocycles. The third-order valence-electron chi connectivity index (χ3n) is 3.59. The molecule has 0 amide bonds. The zero-order chi connectivity index (χ0) is 14.7. The van der Waals surface area contributed by atoms with Crippen molar-refractivity contribution in [3.8, 4) is 6.01 Å². The van der Waals surface area contributed by atoms with Crippen LogP contribution in [0, 0.1) is 0 Å². The average molecular weight is 305 g/mol. The highest BCUT2D eigenvalue weighted by molar-refractivity contribution is 6.32. The summed E-state index contributed by atoms with van der Waals surface area (Å²) in [6.45, 7) is 1.68. The molecule has 1 aliphatic rings. The van der Waals surface area contributed by atoms with Gasteiger partial charge in [0, 0.05) is 12.6 Å². The first kappa shape index (κ1) is 14.1. The molecule has 2 aromatic rings. The quantitative estimate of drug-likeness (QED) is 0.908. The molecule has 0 fully saturated rings. The zero-order valence-corrected chi connectivity index (χ0v) is 12.5. The monoisotopic (exact) mass is 304 g/mol. The minimum absolute atomic E-state index is 0.243. The normalized spacial score (nSPS) is 17.1. The van der Waals surface area contributed by atoms with Crippen LogP contribution in [0.2, 0.25) is 5.02 Å². The summed E-state index contributed by atoms with van der Waals surface area (Å²) in [5.74, 6) is 0.591. The first-order valence-corrected chi connectivity index (χ1v) is 7.27. The maximum absolute atomic E-state index is 6.11. The zero-order valence-electron chi connectivity index (χ0n) is 11.8. The van der Waals surface area contributed by atoms with Gasteiger partial charge in [0.2, 0.25) is 0 Å². The van der Waals surface area contributed by atoms with E-state index < -0.39 is 0 Å². The standard InChI is InChI=1S/C15H17ClN4O/c1-21-15-19-8-12(16)14(20-15)18-9-13-11-5-3-2-4-10(11)6-7-17-13/h2-5,8,13,17H,6-7,9H2,1H3,(H,18,19,20). The minimum Gasteiger partial charge on any atom is -0.467 e. The Hall–Kier alpha value is -1.85. The number of hydrogen-bond donors (Lipinski definition) is 2. The third-order valence-corrected chi connectivity index (χ3v) is 3.87. The number of hydrogen-bond acceptors (Lipinski definition) is 5. The summed E-state index contributed by atoms with van der Waals surface area (Å²) in [6, 6.07) is 9.05. The van der Waals surface area contributed by atoms with E-state index in [1.165, 1.54) is 24.4 Å². The van der Waals surface area contributed by atoms with Gasteiger partial charge in [0.25, 0.3) is 0 Å². The largest absolute Gasteiger partial charge is 0.467 e. The predicted octanol–water partition coefficient (Wildman–Crippen LogP) is 2.44. The van der Waals surface area contributed by atoms with E-state index in [1.54, 1.807) is 0 Å². The van der Waals surface area contributed by atoms with Crippen LogP contribution in [0.4, 0.5) is 5.82 Å². The number of methoxy groups -OCH3 is 1. The van der Waals surface area contributed by atoms with Crippen molar-refractivity contribution in [3.05, 3.63) is 46.6 Å². The lowest BCUT2D eigenvalue weighted by molar-refractivity contribution is 0.380. The minimum atomic E-state index is 0.243. The number of aromatic nitrogens is 2. The molecule has 1 aromatic heterocycles. The second-order valence-electron chi connectivity index (χ2n) is 4.89. The molecule has 1 aromatic carbocycles. The van der Waals surface area contributed by atoms with Crippen LogP contribution >= 0.6 is 11.6 Å². The Labute approximate surface area is 128 Å². The fraction of sp³-hybridized carbons (Fsp3) is 0.333. The summed E-state index contributed by atoms with van der Waals surface area (Å²) in [5.41, 5.74) is 2.72. The Morgan fingerprint density at radius 3 is 3.14 bits per heavy atom. The smallest absolute Gasteiger partial charge is 0.318 e. The van der Waals surface area contributed by atoms with Gasteiger partial charge in [-0.2, -0.15) is 4.98 Å². The van der Waals surface area contributed by atoms with Gasteiger partial charge in [0.05, 0.1) is 13.3 Å². The van der Waals surface area contributed by atoms with Gasteiger partial charge in [-0.25, -0.2) is 4.98 Å². The van der Waals surface area contributed by atoms with Crippen LogP contribution in [0.15, 0.2) is 30.5 Å². The molecular formula is C15H17ClN4O. The van der Waals surface area contributed by atoms with Gasteiger partial charge in [0.1, 0.15) is 5.02 Å². The Morgan fingerprint density at radius 2 is 2.29 bits per heavy atom. The number of rotatable bonds is 4. The lowest BCUT2D eigenvalue weighted by Gasteiger charge is -2.27. The van der Waals surface area contributed by atoms with Gasteiger partial charge in [-0.1, -0.05) is 35.9 Å². The number of nitrogens with one attached hydrogen (secondary N) is 2. The summed E-state index contributed by atoms with van der Waals surface area (Å²) in [4.78, 5) is 8.19. The van der Waals surface area contributed by atoms with Crippen LogP contribution < -0.4 is 15.4 Å². The molecule has 6 heteroatoms. The molecule has 2 N–H and O–H groups in total. The van der Waals surface area contributed by atoms with E-state index in [9.17, 15) is 0 Å². The maximum Gasteiger partial charge on any atom is 0.318 e. The van der Waals surface area contributed by atoms with E-state index in [0.29, 0.717) is 23.4 Å². The first-order valence-electron chi connectivity index (χ1n) is 6.89. The molecule has 1 atom stereocenters. The average Bonchev–Trinajstić information content (AvgIpc) is 2.54. The van der Waals surface area contributed by atoms with Crippen molar-refractivity contribution in [3.63, 3.8) is 0 Å². The molecule has 21 heavy (non-hydrogen) atoms. The van der Waals surface area contributed by atoms with Crippen molar-refractivity contribution in [1.82, 2.24) is 15.3 Å². The van der Waals surface area contributed by atoms with E-state index >= 15 is 0 Å². The summed E-state index contributed by atoms with van der Waals surface area (Å²) < 4.78 is 5.02. The molecule has 1 unspecified atom stereocenters. The van der Waals surface area contributed by atoms with Crippen LogP contribution in [-0.2, 0) is 6.42 Å². The molecule has 0 spiro atoms. The van der Waals surface area contributed by atoms with Crippen molar-refractivity contribution in [2.24, 2.45) is 0 Å². The van der Waals surface area contributed by atoms with Gasteiger partial charge >= 0.3 is 6.01 Å². The van der Waals surface area contributed by atoms with Crippen molar-refractivity contribution < 1.29 is 4.74 Å². The number of ether oxygens (including phenoxy) is 1. The van der Waals surface area contributed by atoms with Gasteiger partial charge in [0.15, 0.2) is 5.82 Å². The van der Waals surface area contributed by atoms with Crippen molar-refractivity contribution in [2.75, 3.05) is 25.5 Å². The number of fused-ring (bicyclic) bond motifs is 1. The summed E-state index contributed by atoms with van der Waals surface area (Å²) in [5, 5.41) is 7.27. The molecule has 5 nitrogen and oxygen atoms in total. The van der Waals surface area contributed by atoms with Crippen LogP contribution in [0.3, 0.4) is 0 Å². The Morgan fingerprint density at radius 1 is 1.43 bits per heavy atom. The molecule has 0 saturated heterocycles. The molecule has 0 bridgehead atoms. The number of halogens is 1. The number of benzene rings is 1. The summed E-state index contributed by atoms with van der Waals surface area (Å²) in [7, 11) is 1.53. The lowest BCUT2D eigenvalue weighted by atomic mass is 9.94. The topological polar surface area (TPSA) is 59.1 Å². The molecule has 2 heterocycles. The van der Waals surface area contributed by atoms with Crippen LogP contribution in [-0.4, -0.2) is 30.2 Å². The summed E-state index contributed by atoms with van der Waals surface area (Å²) in [6.07, 6.45) is 2.60. The highest BCUT2D eigenvalue weighted by Gasteiger charge is 2.19. The van der Waals surface area contributed by atoms with Crippen LogP contribution in [0.5, 0.6) is 6.01 Å². The molecule has 0 aliphatic carbocycles. The molecular weight excluding hydrogens is 288 g/mol. The SMILES string of the molecule is COc1ncc(Cl)c(NCC2NCCc3ccccc32)n1. The Bertz CT molecular complexity index is 635. The summed E-state index contributed by atoms with van der Waals surface area (Å²) >= 11 is 6.11. The predicted molar refractivity (Wildman–Crippen MR) is 83.0 cm³/mol. The maximum atomic E-state index is 6.11. The van der Waals surface area contributed by atoms with E-state index in [0.717, 1.165) is 13.0 Å². The van der Waals surface area contributed by atoms with E-state index in [-0.39, 0.29) is 6.04 Å². The van der Waals surface area contributed by atoms with Gasteiger partial charge in [-0.05, 0) is 24.1 Å². The third kappa shape index (κ3) is 3.09. The van der Waals surface area contributed by atoms with Crippen molar-refractivity contribution >= 4 is 17.4 Å². The second-order valence-corrected chi connectivity index (χ2v) is 5.30. The first-order chi connectivity index (χ1) is 10.3. The molecule has 1 aliphatic heterocycles. The van der Waals surface area contributed by atoms with E-state index in [2.05, 4.69) is 44.9 Å². The highest BCUT2D eigenvalue weighted by atomic mass is 35.5. The van der Waals surface area contributed by atoms with Gasteiger partial charge in [-0.15, -0.1) is 0 Å². The fourth-order valence-corrected chi connectivity index (χ4v) is 2.70. The highest BCUT2D eigenvalue weighted by Crippen LogP contribution is 2.25. The number of nitrogens with zero attached hydrogens (tertiary/aromatic N) is 2. The fourth-order valence-electron chi connectivity index (χ4n) is 2.55. The van der Waals surface area contributed by atoms with Crippen LogP contribution in [0.1, 0.15) is 17.2 Å². The van der Waals surface area contributed by atoms with E-state index in [4.69, 9.17) is 16.3 Å². The lowest BCUT2D eigenvalue weighted by Crippen LogP contribution is -2.34.